The SMILES string of the molecule is Cc1cc(C)n(-c2ccc(C(=O)N3CCCC(N)C3)cn2)n1.Cl.Cl. The summed E-state index contributed by atoms with van der Waals surface area (Å²) in [6.45, 7) is 5.32. The summed E-state index contributed by atoms with van der Waals surface area (Å²) in [6.07, 6.45) is 3.57. The van der Waals surface area contributed by atoms with E-state index in [1.165, 1.54) is 0 Å². The average Bonchev–Trinajstić information content (AvgIpc) is 2.85. The lowest BCUT2D eigenvalue weighted by Crippen LogP contribution is -2.45. The zero-order valence-corrected chi connectivity index (χ0v) is 15.4. The lowest BCUT2D eigenvalue weighted by molar-refractivity contribution is 0.0708. The summed E-state index contributed by atoms with van der Waals surface area (Å²) >= 11 is 0. The molecule has 1 fully saturated rings. The molecule has 0 spiro atoms. The standard InChI is InChI=1S/C16H21N5O.2ClH/c1-11-8-12(2)21(19-11)15-6-5-13(9-18-15)16(22)20-7-3-4-14(17)10-20;;/h5-6,8-9,14H,3-4,7,10,17H2,1-2H3;2*1H. The summed E-state index contributed by atoms with van der Waals surface area (Å²) in [5, 5.41) is 4.40. The molecule has 2 aromatic heterocycles. The van der Waals surface area contributed by atoms with Gasteiger partial charge in [0.1, 0.15) is 0 Å². The van der Waals surface area contributed by atoms with Crippen molar-refractivity contribution >= 4 is 30.7 Å². The van der Waals surface area contributed by atoms with Crippen LogP contribution >= 0.6 is 24.8 Å². The number of aryl methyl sites for hydroxylation is 2. The van der Waals surface area contributed by atoms with Gasteiger partial charge < -0.3 is 10.6 Å². The highest BCUT2D eigenvalue weighted by atomic mass is 35.5. The fraction of sp³-hybridized carbons (Fsp3) is 0.438. The van der Waals surface area contributed by atoms with Gasteiger partial charge in [-0.25, -0.2) is 9.67 Å². The number of nitrogens with two attached hydrogens (primary N) is 1. The molecule has 0 saturated carbocycles. The molecule has 132 valence electrons. The highest BCUT2D eigenvalue weighted by Gasteiger charge is 2.22. The van der Waals surface area contributed by atoms with Crippen molar-refractivity contribution in [3.8, 4) is 5.82 Å². The van der Waals surface area contributed by atoms with Gasteiger partial charge in [-0.1, -0.05) is 0 Å². The predicted octanol–water partition coefficient (Wildman–Crippen LogP) is 2.29. The number of hydrogen-bond acceptors (Lipinski definition) is 4. The van der Waals surface area contributed by atoms with Crippen LogP contribution in [0.3, 0.4) is 0 Å². The van der Waals surface area contributed by atoms with E-state index >= 15 is 0 Å². The molecule has 2 aromatic rings. The maximum Gasteiger partial charge on any atom is 0.255 e. The molecule has 0 aliphatic carbocycles. The number of pyridine rings is 1. The second-order valence-electron chi connectivity index (χ2n) is 5.90. The molecule has 1 atom stereocenters. The Hall–Kier alpha value is -1.63. The van der Waals surface area contributed by atoms with E-state index in [0.29, 0.717) is 12.1 Å². The molecule has 24 heavy (non-hydrogen) atoms. The van der Waals surface area contributed by atoms with E-state index < -0.39 is 0 Å². The van der Waals surface area contributed by atoms with Crippen molar-refractivity contribution in [2.45, 2.75) is 32.7 Å². The fourth-order valence-corrected chi connectivity index (χ4v) is 2.88. The number of amides is 1. The van der Waals surface area contributed by atoms with Crippen LogP contribution in [-0.2, 0) is 0 Å². The van der Waals surface area contributed by atoms with Crippen LogP contribution in [0.2, 0.25) is 0 Å². The molecule has 3 rings (SSSR count). The van der Waals surface area contributed by atoms with Crippen molar-refractivity contribution in [3.05, 3.63) is 41.3 Å². The first-order chi connectivity index (χ1) is 10.5. The Morgan fingerprint density at radius 2 is 2.04 bits per heavy atom. The Morgan fingerprint density at radius 1 is 1.29 bits per heavy atom. The number of carbonyl (C=O) groups is 1. The van der Waals surface area contributed by atoms with Gasteiger partial charge in [0.25, 0.3) is 5.91 Å². The van der Waals surface area contributed by atoms with Crippen molar-refractivity contribution < 1.29 is 4.79 Å². The Kier molecular flexibility index (Phi) is 7.20. The van der Waals surface area contributed by atoms with Gasteiger partial charge in [-0.3, -0.25) is 4.79 Å². The third-order valence-electron chi connectivity index (χ3n) is 3.97. The van der Waals surface area contributed by atoms with Crippen molar-refractivity contribution in [3.63, 3.8) is 0 Å². The highest BCUT2D eigenvalue weighted by Crippen LogP contribution is 2.14. The van der Waals surface area contributed by atoms with Crippen molar-refractivity contribution in [1.29, 1.82) is 0 Å². The molecule has 8 heteroatoms. The Morgan fingerprint density at radius 3 is 2.58 bits per heavy atom. The summed E-state index contributed by atoms with van der Waals surface area (Å²) in [5.41, 5.74) is 8.50. The molecule has 3 heterocycles. The number of likely N-dealkylation sites (tertiary alicyclic amines) is 1. The van der Waals surface area contributed by atoms with Crippen LogP contribution < -0.4 is 5.73 Å². The van der Waals surface area contributed by atoms with Gasteiger partial charge in [-0.2, -0.15) is 5.10 Å². The van der Waals surface area contributed by atoms with Gasteiger partial charge in [0, 0.05) is 31.0 Å². The fourth-order valence-electron chi connectivity index (χ4n) is 2.88. The van der Waals surface area contributed by atoms with Gasteiger partial charge >= 0.3 is 0 Å². The molecule has 6 nitrogen and oxygen atoms in total. The maximum absolute atomic E-state index is 12.5. The van der Waals surface area contributed by atoms with Crippen molar-refractivity contribution in [1.82, 2.24) is 19.7 Å². The lowest BCUT2D eigenvalue weighted by Gasteiger charge is -2.30. The monoisotopic (exact) mass is 371 g/mol. The quantitative estimate of drug-likeness (QED) is 0.878. The highest BCUT2D eigenvalue weighted by molar-refractivity contribution is 5.94. The van der Waals surface area contributed by atoms with Gasteiger partial charge in [0.2, 0.25) is 0 Å². The molecular formula is C16H23Cl2N5O. The van der Waals surface area contributed by atoms with Crippen LogP contribution in [0.1, 0.15) is 34.6 Å². The molecule has 2 N–H and O–H groups in total. The van der Waals surface area contributed by atoms with E-state index in [2.05, 4.69) is 10.1 Å². The largest absolute Gasteiger partial charge is 0.337 e. The summed E-state index contributed by atoms with van der Waals surface area (Å²) in [4.78, 5) is 18.7. The minimum Gasteiger partial charge on any atom is -0.337 e. The zero-order chi connectivity index (χ0) is 15.7. The summed E-state index contributed by atoms with van der Waals surface area (Å²) in [5.74, 6) is 0.722. The van der Waals surface area contributed by atoms with Crippen LogP contribution in [0.5, 0.6) is 0 Å². The zero-order valence-electron chi connectivity index (χ0n) is 13.8. The smallest absolute Gasteiger partial charge is 0.255 e. The molecule has 1 saturated heterocycles. The Labute approximate surface area is 154 Å². The molecule has 1 amide bonds. The van der Waals surface area contributed by atoms with E-state index in [4.69, 9.17) is 5.73 Å². The van der Waals surface area contributed by atoms with Crippen LogP contribution in [-0.4, -0.2) is 44.7 Å². The summed E-state index contributed by atoms with van der Waals surface area (Å²) in [6, 6.07) is 5.72. The molecule has 1 aliphatic rings. The minimum atomic E-state index is 0. The van der Waals surface area contributed by atoms with Gasteiger partial charge in [0.15, 0.2) is 5.82 Å². The number of halogens is 2. The minimum absolute atomic E-state index is 0. The van der Waals surface area contributed by atoms with Crippen LogP contribution in [0, 0.1) is 13.8 Å². The number of piperidine rings is 1. The van der Waals surface area contributed by atoms with Gasteiger partial charge in [0.05, 0.1) is 11.3 Å². The van der Waals surface area contributed by atoms with Crippen LogP contribution in [0.4, 0.5) is 0 Å². The first-order valence-electron chi connectivity index (χ1n) is 7.59. The third kappa shape index (κ3) is 4.26. The number of carbonyl (C=O) groups excluding carboxylic acids is 1. The van der Waals surface area contributed by atoms with Gasteiger partial charge in [-0.15, -0.1) is 24.8 Å². The Bertz CT molecular complexity index is 686. The lowest BCUT2D eigenvalue weighted by atomic mass is 10.1. The number of aromatic nitrogens is 3. The van der Waals surface area contributed by atoms with Crippen molar-refractivity contribution in [2.75, 3.05) is 13.1 Å². The van der Waals surface area contributed by atoms with Crippen LogP contribution in [0.25, 0.3) is 5.82 Å². The predicted molar refractivity (Wildman–Crippen MR) is 98.4 cm³/mol. The summed E-state index contributed by atoms with van der Waals surface area (Å²) in [7, 11) is 0. The first kappa shape index (κ1) is 20.4. The number of hydrogen-bond donors (Lipinski definition) is 1. The van der Waals surface area contributed by atoms with Crippen LogP contribution in [0.15, 0.2) is 24.4 Å². The molecule has 1 unspecified atom stereocenters. The second-order valence-corrected chi connectivity index (χ2v) is 5.90. The number of rotatable bonds is 2. The van der Waals surface area contributed by atoms with E-state index in [-0.39, 0.29) is 36.8 Å². The van der Waals surface area contributed by atoms with E-state index in [1.807, 2.05) is 30.9 Å². The summed E-state index contributed by atoms with van der Waals surface area (Å²) < 4.78 is 1.78. The first-order valence-corrected chi connectivity index (χ1v) is 7.59. The molecule has 1 aliphatic heterocycles. The maximum atomic E-state index is 12.5. The van der Waals surface area contributed by atoms with Gasteiger partial charge in [-0.05, 0) is 44.9 Å². The Balaban J connectivity index is 0.00000144. The normalized spacial score (nSPS) is 17.0. The van der Waals surface area contributed by atoms with E-state index in [0.717, 1.165) is 36.6 Å². The molecule has 0 bridgehead atoms. The third-order valence-corrected chi connectivity index (χ3v) is 3.97. The molecular weight excluding hydrogens is 349 g/mol. The van der Waals surface area contributed by atoms with E-state index in [1.54, 1.807) is 16.9 Å². The topological polar surface area (TPSA) is 77.0 Å². The van der Waals surface area contributed by atoms with Crippen molar-refractivity contribution in [2.24, 2.45) is 5.73 Å². The molecule has 0 radical (unpaired) electrons. The average molecular weight is 372 g/mol. The van der Waals surface area contributed by atoms with E-state index in [9.17, 15) is 4.79 Å². The molecule has 0 aromatic carbocycles. The number of nitrogens with zero attached hydrogens (tertiary/aromatic N) is 4. The second kappa shape index (κ2) is 8.46.